The molecule has 94 valence electrons. The molecule has 4 nitrogen and oxygen atoms in total. The molecule has 2 heterocycles. The first-order chi connectivity index (χ1) is 8.75. The second-order valence-corrected chi connectivity index (χ2v) is 5.24. The van der Waals surface area contributed by atoms with Crippen molar-refractivity contribution in [2.45, 2.75) is 0 Å². The molecule has 2 aromatic rings. The van der Waals surface area contributed by atoms with Crippen molar-refractivity contribution in [2.75, 3.05) is 31.2 Å². The van der Waals surface area contributed by atoms with Gasteiger partial charge in [-0.3, -0.25) is 0 Å². The fraction of sp³-hybridized carbons (Fsp3) is 0.333. The highest BCUT2D eigenvalue weighted by atomic mass is 79.9. The van der Waals surface area contributed by atoms with E-state index in [0.717, 1.165) is 47.5 Å². The minimum atomic E-state index is 0.274. The molecule has 1 aromatic carbocycles. The SMILES string of the molecule is Clc1nc(N2CCOCC2)c2cccc(Br)c2n1. The summed E-state index contributed by atoms with van der Waals surface area (Å²) in [5.74, 6) is 0.884. The van der Waals surface area contributed by atoms with E-state index in [-0.39, 0.29) is 5.28 Å². The Balaban J connectivity index is 2.18. The van der Waals surface area contributed by atoms with Crippen molar-refractivity contribution < 1.29 is 4.74 Å². The lowest BCUT2D eigenvalue weighted by atomic mass is 10.2. The highest BCUT2D eigenvalue weighted by Crippen LogP contribution is 2.30. The van der Waals surface area contributed by atoms with Crippen LogP contribution >= 0.6 is 27.5 Å². The van der Waals surface area contributed by atoms with Gasteiger partial charge in [-0.2, -0.15) is 4.98 Å². The molecule has 1 fully saturated rings. The van der Waals surface area contributed by atoms with Crippen LogP contribution in [0, 0.1) is 0 Å². The van der Waals surface area contributed by atoms with E-state index in [2.05, 4.69) is 30.8 Å². The van der Waals surface area contributed by atoms with E-state index in [9.17, 15) is 0 Å². The van der Waals surface area contributed by atoms with Crippen molar-refractivity contribution in [1.82, 2.24) is 9.97 Å². The van der Waals surface area contributed by atoms with Gasteiger partial charge in [-0.05, 0) is 39.7 Å². The Labute approximate surface area is 118 Å². The summed E-state index contributed by atoms with van der Waals surface area (Å²) in [5.41, 5.74) is 0.846. The Morgan fingerprint density at radius 2 is 2.00 bits per heavy atom. The molecule has 0 amide bonds. The van der Waals surface area contributed by atoms with Gasteiger partial charge in [0.15, 0.2) is 0 Å². The zero-order chi connectivity index (χ0) is 12.5. The van der Waals surface area contributed by atoms with Gasteiger partial charge in [0.05, 0.1) is 18.7 Å². The van der Waals surface area contributed by atoms with Crippen molar-refractivity contribution in [3.8, 4) is 0 Å². The van der Waals surface area contributed by atoms with Crippen LogP contribution in [-0.2, 0) is 4.74 Å². The number of ether oxygens (including phenoxy) is 1. The first-order valence-electron chi connectivity index (χ1n) is 5.70. The Bertz CT molecular complexity index is 587. The van der Waals surface area contributed by atoms with Crippen molar-refractivity contribution in [3.63, 3.8) is 0 Å². The highest BCUT2D eigenvalue weighted by molar-refractivity contribution is 9.10. The van der Waals surface area contributed by atoms with E-state index in [1.807, 2.05) is 18.2 Å². The number of aromatic nitrogens is 2. The van der Waals surface area contributed by atoms with Crippen LogP contribution in [0.3, 0.4) is 0 Å². The maximum atomic E-state index is 6.01. The number of hydrogen-bond acceptors (Lipinski definition) is 4. The molecule has 3 rings (SSSR count). The quantitative estimate of drug-likeness (QED) is 0.755. The standard InChI is InChI=1S/C12H11BrClN3O/c13-9-3-1-2-8-10(9)15-12(14)16-11(8)17-4-6-18-7-5-17/h1-3H,4-7H2. The van der Waals surface area contributed by atoms with Gasteiger partial charge in [0.2, 0.25) is 5.28 Å². The maximum Gasteiger partial charge on any atom is 0.224 e. The van der Waals surface area contributed by atoms with Crippen LogP contribution in [-0.4, -0.2) is 36.3 Å². The van der Waals surface area contributed by atoms with Gasteiger partial charge >= 0.3 is 0 Å². The lowest BCUT2D eigenvalue weighted by Gasteiger charge is -2.28. The Hall–Kier alpha value is -0.910. The number of hydrogen-bond donors (Lipinski definition) is 0. The number of fused-ring (bicyclic) bond motifs is 1. The van der Waals surface area contributed by atoms with Crippen molar-refractivity contribution >= 4 is 44.3 Å². The van der Waals surface area contributed by atoms with Gasteiger partial charge in [0.25, 0.3) is 0 Å². The predicted octanol–water partition coefficient (Wildman–Crippen LogP) is 2.88. The molecule has 1 aliphatic heterocycles. The molecule has 1 aliphatic rings. The molecule has 0 spiro atoms. The number of benzene rings is 1. The lowest BCUT2D eigenvalue weighted by Crippen LogP contribution is -2.37. The number of morpholine rings is 1. The number of rotatable bonds is 1. The molecule has 18 heavy (non-hydrogen) atoms. The van der Waals surface area contributed by atoms with Gasteiger partial charge in [0, 0.05) is 22.9 Å². The molecule has 1 aromatic heterocycles. The minimum absolute atomic E-state index is 0.274. The highest BCUT2D eigenvalue weighted by Gasteiger charge is 2.17. The summed E-state index contributed by atoms with van der Waals surface area (Å²) in [6.07, 6.45) is 0. The van der Waals surface area contributed by atoms with Crippen LogP contribution in [0.25, 0.3) is 10.9 Å². The van der Waals surface area contributed by atoms with Gasteiger partial charge in [0.1, 0.15) is 5.82 Å². The zero-order valence-electron chi connectivity index (χ0n) is 9.57. The van der Waals surface area contributed by atoms with Crippen LogP contribution in [0.2, 0.25) is 5.28 Å². The van der Waals surface area contributed by atoms with E-state index in [1.165, 1.54) is 0 Å². The molecule has 0 bridgehead atoms. The first-order valence-corrected chi connectivity index (χ1v) is 6.87. The predicted molar refractivity (Wildman–Crippen MR) is 75.3 cm³/mol. The van der Waals surface area contributed by atoms with Gasteiger partial charge in [-0.15, -0.1) is 0 Å². The number of nitrogens with zero attached hydrogens (tertiary/aromatic N) is 3. The normalized spacial score (nSPS) is 16.2. The fourth-order valence-corrected chi connectivity index (χ4v) is 2.71. The number of halogens is 2. The largest absolute Gasteiger partial charge is 0.378 e. The summed E-state index contributed by atoms with van der Waals surface area (Å²) in [6.45, 7) is 3.10. The van der Waals surface area contributed by atoms with Crippen molar-refractivity contribution in [3.05, 3.63) is 28.0 Å². The monoisotopic (exact) mass is 327 g/mol. The number of para-hydroxylation sites is 1. The lowest BCUT2D eigenvalue weighted by molar-refractivity contribution is 0.122. The molecular formula is C12H11BrClN3O. The Kier molecular flexibility index (Phi) is 3.37. The molecule has 0 unspecified atom stereocenters. The van der Waals surface area contributed by atoms with Crippen molar-refractivity contribution in [2.24, 2.45) is 0 Å². The third-order valence-electron chi connectivity index (χ3n) is 2.94. The summed E-state index contributed by atoms with van der Waals surface area (Å²) in [6, 6.07) is 5.95. The van der Waals surface area contributed by atoms with Gasteiger partial charge < -0.3 is 9.64 Å². The number of anilines is 1. The summed E-state index contributed by atoms with van der Waals surface area (Å²) < 4.78 is 6.29. The maximum absolute atomic E-state index is 6.01. The summed E-state index contributed by atoms with van der Waals surface area (Å²) in [7, 11) is 0. The second kappa shape index (κ2) is 4.99. The van der Waals surface area contributed by atoms with Crippen LogP contribution in [0.4, 0.5) is 5.82 Å². The van der Waals surface area contributed by atoms with Crippen molar-refractivity contribution in [1.29, 1.82) is 0 Å². The molecule has 0 atom stereocenters. The second-order valence-electron chi connectivity index (χ2n) is 4.05. The fourth-order valence-electron chi connectivity index (χ4n) is 2.09. The topological polar surface area (TPSA) is 38.2 Å². The average molecular weight is 329 g/mol. The van der Waals surface area contributed by atoms with Gasteiger partial charge in [-0.25, -0.2) is 4.98 Å². The van der Waals surface area contributed by atoms with Gasteiger partial charge in [-0.1, -0.05) is 6.07 Å². The molecule has 0 saturated carbocycles. The Morgan fingerprint density at radius 3 is 2.78 bits per heavy atom. The van der Waals surface area contributed by atoms with E-state index in [4.69, 9.17) is 16.3 Å². The summed E-state index contributed by atoms with van der Waals surface area (Å²) in [4.78, 5) is 10.8. The average Bonchev–Trinajstić information content (AvgIpc) is 2.40. The van der Waals surface area contributed by atoms with Crippen LogP contribution in [0.15, 0.2) is 22.7 Å². The molecule has 0 aliphatic carbocycles. The van der Waals surface area contributed by atoms with E-state index >= 15 is 0 Å². The third kappa shape index (κ3) is 2.18. The summed E-state index contributed by atoms with van der Waals surface area (Å²) in [5, 5.41) is 1.28. The molecular weight excluding hydrogens is 318 g/mol. The van der Waals surface area contributed by atoms with E-state index in [0.29, 0.717) is 0 Å². The summed E-state index contributed by atoms with van der Waals surface area (Å²) >= 11 is 9.51. The van der Waals surface area contributed by atoms with Crippen LogP contribution in [0.5, 0.6) is 0 Å². The zero-order valence-corrected chi connectivity index (χ0v) is 11.9. The third-order valence-corrected chi connectivity index (χ3v) is 3.75. The smallest absolute Gasteiger partial charge is 0.224 e. The molecule has 6 heteroatoms. The van der Waals surface area contributed by atoms with E-state index in [1.54, 1.807) is 0 Å². The molecule has 1 saturated heterocycles. The molecule has 0 N–H and O–H groups in total. The minimum Gasteiger partial charge on any atom is -0.378 e. The van der Waals surface area contributed by atoms with E-state index < -0.39 is 0 Å². The van der Waals surface area contributed by atoms with Crippen LogP contribution < -0.4 is 4.90 Å². The Morgan fingerprint density at radius 1 is 1.22 bits per heavy atom. The van der Waals surface area contributed by atoms with Crippen LogP contribution in [0.1, 0.15) is 0 Å². The first kappa shape index (κ1) is 12.1. The molecule has 0 radical (unpaired) electrons.